The van der Waals surface area contributed by atoms with Crippen molar-refractivity contribution in [1.29, 1.82) is 0 Å². The van der Waals surface area contributed by atoms with Crippen LogP contribution in [0.25, 0.3) is 0 Å². The van der Waals surface area contributed by atoms with E-state index in [-0.39, 0.29) is 24.7 Å². The Bertz CT molecular complexity index is 771. The summed E-state index contributed by atoms with van der Waals surface area (Å²) in [6, 6.07) is 15.2. The van der Waals surface area contributed by atoms with Crippen LogP contribution in [0.4, 0.5) is 11.4 Å². The van der Waals surface area contributed by atoms with Gasteiger partial charge >= 0.3 is 0 Å². The summed E-state index contributed by atoms with van der Waals surface area (Å²) in [6.45, 7) is 0. The van der Waals surface area contributed by atoms with Crippen LogP contribution in [-0.4, -0.2) is 32.1 Å². The Labute approximate surface area is 166 Å². The van der Waals surface area contributed by atoms with Gasteiger partial charge in [-0.15, -0.1) is 0 Å². The van der Waals surface area contributed by atoms with E-state index >= 15 is 0 Å². The van der Waals surface area contributed by atoms with Crippen LogP contribution in [0.2, 0.25) is 0 Å². The van der Waals surface area contributed by atoms with E-state index in [2.05, 4.69) is 38.4 Å². The van der Waals surface area contributed by atoms with Gasteiger partial charge in [0.1, 0.15) is 0 Å². The van der Waals surface area contributed by atoms with Crippen molar-refractivity contribution in [2.24, 2.45) is 5.10 Å². The first-order chi connectivity index (χ1) is 12.4. The summed E-state index contributed by atoms with van der Waals surface area (Å²) < 4.78 is 1.09. The van der Waals surface area contributed by atoms with Crippen LogP contribution >= 0.6 is 22.6 Å². The average molecular weight is 464 g/mol. The number of hydrogen-bond donors (Lipinski definition) is 2. The molecule has 7 heteroatoms. The lowest BCUT2D eigenvalue weighted by atomic mass is 10.2. The third-order valence-electron chi connectivity index (χ3n) is 3.52. The molecule has 0 bridgehead atoms. The van der Waals surface area contributed by atoms with Gasteiger partial charge in [0, 0.05) is 41.9 Å². The van der Waals surface area contributed by atoms with E-state index in [1.54, 1.807) is 6.21 Å². The van der Waals surface area contributed by atoms with Gasteiger partial charge in [-0.2, -0.15) is 5.10 Å². The molecule has 26 heavy (non-hydrogen) atoms. The Morgan fingerprint density at radius 1 is 1.00 bits per heavy atom. The van der Waals surface area contributed by atoms with Crippen molar-refractivity contribution in [3.05, 3.63) is 57.7 Å². The lowest BCUT2D eigenvalue weighted by Crippen LogP contribution is -2.20. The van der Waals surface area contributed by atoms with Crippen LogP contribution in [0, 0.1) is 3.57 Å². The normalized spacial score (nSPS) is 10.6. The zero-order valence-corrected chi connectivity index (χ0v) is 16.9. The van der Waals surface area contributed by atoms with E-state index in [1.807, 2.05) is 67.5 Å². The molecule has 2 N–H and O–H groups in total. The maximum atomic E-state index is 11.8. The molecule has 0 spiro atoms. The van der Waals surface area contributed by atoms with Crippen molar-refractivity contribution >= 4 is 52.0 Å². The predicted molar refractivity (Wildman–Crippen MR) is 114 cm³/mol. The first-order valence-electron chi connectivity index (χ1n) is 8.09. The zero-order chi connectivity index (χ0) is 18.9. The van der Waals surface area contributed by atoms with Crippen LogP contribution in [0.1, 0.15) is 18.4 Å². The molecule has 0 aliphatic rings. The lowest BCUT2D eigenvalue weighted by Gasteiger charge is -2.11. The number of nitrogens with one attached hydrogen (secondary N) is 2. The molecule has 0 aliphatic carbocycles. The largest absolute Gasteiger partial charge is 0.378 e. The fraction of sp³-hybridized carbons (Fsp3) is 0.211. The molecule has 0 aliphatic heterocycles. The molecular weight excluding hydrogens is 443 g/mol. The van der Waals surface area contributed by atoms with Crippen LogP contribution in [0.5, 0.6) is 0 Å². The number of nitrogens with zero attached hydrogens (tertiary/aromatic N) is 2. The molecule has 0 saturated carbocycles. The SMILES string of the molecule is CN(C)c1ccc(/C=N/NC(=O)CCC(=O)Nc2ccc(I)cc2)cc1. The second-order valence-corrected chi connectivity index (χ2v) is 7.08. The van der Waals surface area contributed by atoms with Crippen LogP contribution < -0.4 is 15.6 Å². The molecule has 0 aromatic heterocycles. The van der Waals surface area contributed by atoms with Crippen molar-refractivity contribution in [2.75, 3.05) is 24.3 Å². The van der Waals surface area contributed by atoms with Crippen LogP contribution in [-0.2, 0) is 9.59 Å². The molecule has 2 rings (SSSR count). The van der Waals surface area contributed by atoms with Crippen molar-refractivity contribution in [2.45, 2.75) is 12.8 Å². The zero-order valence-electron chi connectivity index (χ0n) is 14.7. The van der Waals surface area contributed by atoms with E-state index in [4.69, 9.17) is 0 Å². The quantitative estimate of drug-likeness (QED) is 0.376. The number of rotatable bonds is 7. The molecule has 2 amide bonds. The fourth-order valence-electron chi connectivity index (χ4n) is 2.08. The molecule has 0 atom stereocenters. The van der Waals surface area contributed by atoms with Gasteiger partial charge in [-0.3, -0.25) is 9.59 Å². The molecule has 2 aromatic carbocycles. The molecule has 6 nitrogen and oxygen atoms in total. The number of amides is 2. The van der Waals surface area contributed by atoms with E-state index in [0.717, 1.165) is 20.5 Å². The third kappa shape index (κ3) is 6.83. The summed E-state index contributed by atoms with van der Waals surface area (Å²) in [5.41, 5.74) is 5.12. The van der Waals surface area contributed by atoms with Crippen LogP contribution in [0.15, 0.2) is 53.6 Å². The highest BCUT2D eigenvalue weighted by Crippen LogP contribution is 2.12. The second kappa shape index (κ2) is 9.91. The predicted octanol–water partition coefficient (Wildman–Crippen LogP) is 3.23. The summed E-state index contributed by atoms with van der Waals surface area (Å²) in [5.74, 6) is -0.506. The number of carbonyl (C=O) groups is 2. The van der Waals surface area contributed by atoms with E-state index < -0.39 is 0 Å². The van der Waals surface area contributed by atoms with Gasteiger partial charge in [0.15, 0.2) is 0 Å². The van der Waals surface area contributed by atoms with Gasteiger partial charge in [0.05, 0.1) is 6.21 Å². The molecule has 0 fully saturated rings. The number of carbonyl (C=O) groups excluding carboxylic acids is 2. The minimum absolute atomic E-state index is 0.0765. The van der Waals surface area contributed by atoms with Crippen molar-refractivity contribution in [1.82, 2.24) is 5.43 Å². The Morgan fingerprint density at radius 2 is 1.62 bits per heavy atom. The first kappa shape index (κ1) is 19.9. The Morgan fingerprint density at radius 3 is 2.23 bits per heavy atom. The summed E-state index contributed by atoms with van der Waals surface area (Å²) in [5, 5.41) is 6.67. The highest BCUT2D eigenvalue weighted by Gasteiger charge is 2.06. The monoisotopic (exact) mass is 464 g/mol. The molecule has 0 unspecified atom stereocenters. The minimum atomic E-state index is -0.302. The van der Waals surface area contributed by atoms with Crippen LogP contribution in [0.3, 0.4) is 0 Å². The number of anilines is 2. The molecule has 2 aromatic rings. The molecule has 0 saturated heterocycles. The number of hydrogen-bond acceptors (Lipinski definition) is 4. The van der Waals surface area contributed by atoms with E-state index in [9.17, 15) is 9.59 Å². The Hall–Kier alpha value is -2.42. The minimum Gasteiger partial charge on any atom is -0.378 e. The summed E-state index contributed by atoms with van der Waals surface area (Å²) in [7, 11) is 3.94. The number of halogens is 1. The standard InChI is InChI=1S/C19H21IN4O2/c1-24(2)17-9-3-14(4-10-17)13-21-23-19(26)12-11-18(25)22-16-7-5-15(20)6-8-16/h3-10,13H,11-12H2,1-2H3,(H,22,25)(H,23,26)/b21-13+. The molecule has 136 valence electrons. The molecular formula is C19H21IN4O2. The topological polar surface area (TPSA) is 73.8 Å². The fourth-order valence-corrected chi connectivity index (χ4v) is 2.44. The first-order valence-corrected chi connectivity index (χ1v) is 9.16. The maximum absolute atomic E-state index is 11.8. The van der Waals surface area contributed by atoms with E-state index in [1.165, 1.54) is 0 Å². The van der Waals surface area contributed by atoms with Gasteiger partial charge in [-0.25, -0.2) is 5.43 Å². The van der Waals surface area contributed by atoms with Gasteiger partial charge in [0.25, 0.3) is 0 Å². The Kier molecular flexibility index (Phi) is 7.58. The van der Waals surface area contributed by atoms with Gasteiger partial charge in [-0.05, 0) is 64.6 Å². The van der Waals surface area contributed by atoms with E-state index in [0.29, 0.717) is 0 Å². The van der Waals surface area contributed by atoms with Gasteiger partial charge in [0.2, 0.25) is 11.8 Å². The lowest BCUT2D eigenvalue weighted by molar-refractivity contribution is -0.124. The van der Waals surface area contributed by atoms with Crippen molar-refractivity contribution in [3.63, 3.8) is 0 Å². The highest BCUT2D eigenvalue weighted by molar-refractivity contribution is 14.1. The summed E-state index contributed by atoms with van der Waals surface area (Å²) >= 11 is 2.20. The highest BCUT2D eigenvalue weighted by atomic mass is 127. The smallest absolute Gasteiger partial charge is 0.240 e. The maximum Gasteiger partial charge on any atom is 0.240 e. The Balaban J connectivity index is 1.72. The van der Waals surface area contributed by atoms with Gasteiger partial charge < -0.3 is 10.2 Å². The summed E-state index contributed by atoms with van der Waals surface area (Å²) in [6.07, 6.45) is 1.75. The molecule has 0 heterocycles. The van der Waals surface area contributed by atoms with Crippen molar-refractivity contribution in [3.8, 4) is 0 Å². The van der Waals surface area contributed by atoms with Gasteiger partial charge in [-0.1, -0.05) is 12.1 Å². The third-order valence-corrected chi connectivity index (χ3v) is 4.24. The number of hydrazone groups is 1. The number of benzene rings is 2. The van der Waals surface area contributed by atoms with Crippen molar-refractivity contribution < 1.29 is 9.59 Å². The average Bonchev–Trinajstić information content (AvgIpc) is 2.62. The second-order valence-electron chi connectivity index (χ2n) is 5.83. The molecule has 0 radical (unpaired) electrons. The summed E-state index contributed by atoms with van der Waals surface area (Å²) in [4.78, 5) is 25.6.